The molecule has 1 atom stereocenters. The van der Waals surface area contributed by atoms with Crippen LogP contribution in [0.4, 0.5) is 17.3 Å². The minimum Gasteiger partial charge on any atom is -0.450 e. The van der Waals surface area contributed by atoms with Gasteiger partial charge in [0.1, 0.15) is 17.9 Å². The number of nitrogens with two attached hydrogens (primary N) is 1. The summed E-state index contributed by atoms with van der Waals surface area (Å²) in [6, 6.07) is 4.72. The van der Waals surface area contributed by atoms with E-state index in [1.165, 1.54) is 12.4 Å². The number of nitro groups is 1. The van der Waals surface area contributed by atoms with Crippen LogP contribution < -0.4 is 26.2 Å². The molecule has 10 heteroatoms. The van der Waals surface area contributed by atoms with Gasteiger partial charge in [-0.25, -0.2) is 15.4 Å². The number of aromatic nitrogens is 2. The number of allylic oxidation sites excluding steroid dienone is 4. The second-order valence-electron chi connectivity index (χ2n) is 7.80. The highest BCUT2D eigenvalue weighted by molar-refractivity contribution is 5.65. The highest BCUT2D eigenvalue weighted by atomic mass is 16.6. The lowest BCUT2D eigenvalue weighted by molar-refractivity contribution is -0.385. The molecule has 0 amide bonds. The maximum absolute atomic E-state index is 11.9. The lowest BCUT2D eigenvalue weighted by Gasteiger charge is -2.33. The third kappa shape index (κ3) is 5.67. The van der Waals surface area contributed by atoms with E-state index in [2.05, 4.69) is 27.3 Å². The fraction of sp³-hybridized carbons (Fsp3) is 0.360. The molecule has 10 nitrogen and oxygen atoms in total. The van der Waals surface area contributed by atoms with E-state index < -0.39 is 11.0 Å². The summed E-state index contributed by atoms with van der Waals surface area (Å²) in [5.74, 6) is 1.65. The molecule has 4 rings (SSSR count). The number of hydrogen-bond donors (Lipinski definition) is 3. The van der Waals surface area contributed by atoms with Gasteiger partial charge in [0.15, 0.2) is 5.82 Å². The summed E-state index contributed by atoms with van der Waals surface area (Å²) >= 11 is 0. The molecule has 2 aliphatic heterocycles. The van der Waals surface area contributed by atoms with Crippen molar-refractivity contribution in [3.05, 3.63) is 82.4 Å². The Labute approximate surface area is 205 Å². The molecule has 0 spiro atoms. The summed E-state index contributed by atoms with van der Waals surface area (Å²) < 4.78 is 5.79. The lowest BCUT2D eigenvalue weighted by atomic mass is 10.0. The van der Waals surface area contributed by atoms with Crippen LogP contribution in [0.1, 0.15) is 50.8 Å². The van der Waals surface area contributed by atoms with E-state index in [1.807, 2.05) is 25.8 Å². The van der Waals surface area contributed by atoms with Crippen molar-refractivity contribution in [1.29, 1.82) is 0 Å². The Balaban J connectivity index is 0.00000167. The van der Waals surface area contributed by atoms with Crippen molar-refractivity contribution in [2.45, 2.75) is 45.7 Å². The molecule has 2 aromatic rings. The Hall–Kier alpha value is -3.76. The molecular formula is C25H33N7O3. The predicted octanol–water partition coefficient (Wildman–Crippen LogP) is 4.18. The van der Waals surface area contributed by atoms with E-state index in [-0.39, 0.29) is 17.5 Å². The number of nitrogens with one attached hydrogen (secondary N) is 2. The molecule has 186 valence electrons. The molecule has 1 unspecified atom stereocenters. The van der Waals surface area contributed by atoms with Gasteiger partial charge in [-0.05, 0) is 56.6 Å². The Morgan fingerprint density at radius 3 is 2.71 bits per heavy atom. The maximum atomic E-state index is 11.9. The van der Waals surface area contributed by atoms with Crippen LogP contribution in [0.25, 0.3) is 0 Å². The Bertz CT molecular complexity index is 1110. The second kappa shape index (κ2) is 12.1. The van der Waals surface area contributed by atoms with E-state index >= 15 is 0 Å². The Morgan fingerprint density at radius 2 is 2.06 bits per heavy atom. The minimum absolute atomic E-state index is 0.140. The molecule has 4 N–H and O–H groups in total. The number of nitrogen functional groups attached to an aromatic ring is 1. The average Bonchev–Trinajstić information content (AvgIpc) is 3.27. The first-order valence-electron chi connectivity index (χ1n) is 11.8. The Morgan fingerprint density at radius 1 is 1.31 bits per heavy atom. The van der Waals surface area contributed by atoms with Gasteiger partial charge in [0.2, 0.25) is 5.75 Å². The number of hydrazine groups is 1. The van der Waals surface area contributed by atoms with Crippen molar-refractivity contribution in [2.75, 3.05) is 23.8 Å². The first-order chi connectivity index (χ1) is 17.0. The topological polar surface area (TPSA) is 131 Å². The van der Waals surface area contributed by atoms with Crippen LogP contribution in [0, 0.1) is 10.1 Å². The molecule has 1 aromatic heterocycles. The van der Waals surface area contributed by atoms with E-state index in [0.29, 0.717) is 23.0 Å². The fourth-order valence-electron chi connectivity index (χ4n) is 4.19. The van der Waals surface area contributed by atoms with E-state index in [0.717, 1.165) is 31.5 Å². The molecule has 0 bridgehead atoms. The van der Waals surface area contributed by atoms with Gasteiger partial charge in [0.05, 0.1) is 16.5 Å². The summed E-state index contributed by atoms with van der Waals surface area (Å²) in [5, 5.41) is 17.3. The number of piperidine rings is 1. The predicted molar refractivity (Wildman–Crippen MR) is 138 cm³/mol. The number of nitro benzene ring substituents is 1. The summed E-state index contributed by atoms with van der Waals surface area (Å²) in [4.78, 5) is 20.1. The van der Waals surface area contributed by atoms with Gasteiger partial charge in [0.25, 0.3) is 0 Å². The molecule has 1 aromatic carbocycles. The molecule has 0 radical (unpaired) electrons. The van der Waals surface area contributed by atoms with Crippen LogP contribution >= 0.6 is 0 Å². The van der Waals surface area contributed by atoms with Crippen molar-refractivity contribution in [3.63, 3.8) is 0 Å². The standard InChI is InChI=1S/C23H27N7O3.C2H6/c1-3-5-17(6-4-2)33-19-8-7-15(13-18(19)30(31)32)21-20-22(24)26-14-27-23(20)29(28-21)16-9-11-25-12-10-16;1-2/h3-8,13-14,16,21,25,28H,1,9-12H2,2H3,(H2,24,26,27);1-2H3/b6-4-,17-5+;. The number of hydrogen-bond acceptors (Lipinski definition) is 9. The van der Waals surface area contributed by atoms with Crippen LogP contribution in [-0.2, 0) is 0 Å². The van der Waals surface area contributed by atoms with E-state index in [4.69, 9.17) is 10.5 Å². The molecule has 1 saturated heterocycles. The zero-order valence-corrected chi connectivity index (χ0v) is 20.4. The quantitative estimate of drug-likeness (QED) is 0.231. The van der Waals surface area contributed by atoms with Crippen LogP contribution in [0.3, 0.4) is 0 Å². The molecular weight excluding hydrogens is 446 g/mol. The summed E-state index contributed by atoms with van der Waals surface area (Å²) in [6.07, 6.45) is 10.0. The lowest BCUT2D eigenvalue weighted by Crippen LogP contribution is -2.48. The smallest absolute Gasteiger partial charge is 0.311 e. The van der Waals surface area contributed by atoms with Gasteiger partial charge in [-0.2, -0.15) is 0 Å². The number of anilines is 2. The van der Waals surface area contributed by atoms with Crippen LogP contribution in [0.15, 0.2) is 61.2 Å². The third-order valence-electron chi connectivity index (χ3n) is 5.71. The zero-order valence-electron chi connectivity index (χ0n) is 20.4. The summed E-state index contributed by atoms with van der Waals surface area (Å²) in [7, 11) is 0. The van der Waals surface area contributed by atoms with Gasteiger partial charge < -0.3 is 15.8 Å². The zero-order chi connectivity index (χ0) is 25.4. The van der Waals surface area contributed by atoms with Crippen LogP contribution in [-0.4, -0.2) is 34.0 Å². The molecule has 3 heterocycles. The largest absolute Gasteiger partial charge is 0.450 e. The van der Waals surface area contributed by atoms with Crippen LogP contribution in [0.2, 0.25) is 0 Å². The van der Waals surface area contributed by atoms with Crippen molar-refractivity contribution in [3.8, 4) is 5.75 Å². The normalized spacial score (nSPS) is 18.1. The average molecular weight is 480 g/mol. The van der Waals surface area contributed by atoms with E-state index in [9.17, 15) is 10.1 Å². The van der Waals surface area contributed by atoms with Gasteiger partial charge in [-0.1, -0.05) is 38.6 Å². The monoisotopic (exact) mass is 479 g/mol. The second-order valence-corrected chi connectivity index (χ2v) is 7.80. The highest BCUT2D eigenvalue weighted by Crippen LogP contribution is 2.42. The molecule has 1 fully saturated rings. The van der Waals surface area contributed by atoms with Gasteiger partial charge in [-0.15, -0.1) is 0 Å². The first kappa shape index (κ1) is 25.9. The number of fused-ring (bicyclic) bond motifs is 1. The third-order valence-corrected chi connectivity index (χ3v) is 5.71. The molecule has 0 saturated carbocycles. The van der Waals surface area contributed by atoms with Gasteiger partial charge >= 0.3 is 5.69 Å². The SMILES string of the molecule is C=C/C=C(\C=C/C)Oc1ccc(C2NN(C3CCNCC3)c3ncnc(N)c32)cc1[N+](=O)[O-].CC. The number of benzene rings is 1. The summed E-state index contributed by atoms with van der Waals surface area (Å²) in [6.45, 7) is 11.3. The molecule has 35 heavy (non-hydrogen) atoms. The van der Waals surface area contributed by atoms with Crippen LogP contribution in [0.5, 0.6) is 5.75 Å². The number of rotatable bonds is 7. The molecule has 0 aliphatic carbocycles. The van der Waals surface area contributed by atoms with Crippen molar-refractivity contribution < 1.29 is 9.66 Å². The number of nitrogens with zero attached hydrogens (tertiary/aromatic N) is 4. The minimum atomic E-state index is -0.453. The fourth-order valence-corrected chi connectivity index (χ4v) is 4.19. The molecule has 2 aliphatic rings. The van der Waals surface area contributed by atoms with E-state index in [1.54, 1.807) is 36.4 Å². The first-order valence-corrected chi connectivity index (χ1v) is 11.8. The summed E-state index contributed by atoms with van der Waals surface area (Å²) in [5.41, 5.74) is 11.0. The number of ether oxygens (including phenoxy) is 1. The van der Waals surface area contributed by atoms with Crippen molar-refractivity contribution in [1.82, 2.24) is 20.7 Å². The van der Waals surface area contributed by atoms with Gasteiger partial charge in [-0.3, -0.25) is 15.1 Å². The Kier molecular flexibility index (Phi) is 8.93. The van der Waals surface area contributed by atoms with Gasteiger partial charge in [0, 0.05) is 12.1 Å². The van der Waals surface area contributed by atoms with Crippen molar-refractivity contribution >= 4 is 17.3 Å². The maximum Gasteiger partial charge on any atom is 0.311 e. The van der Waals surface area contributed by atoms with Crippen molar-refractivity contribution in [2.24, 2.45) is 0 Å². The highest BCUT2D eigenvalue weighted by Gasteiger charge is 2.38.